The number of aromatic hydroxyl groups is 1. The second-order valence-corrected chi connectivity index (χ2v) is 9.58. The lowest BCUT2D eigenvalue weighted by Gasteiger charge is -2.06. The zero-order chi connectivity index (χ0) is 20.6. The molecule has 1 amide bonds. The van der Waals surface area contributed by atoms with E-state index in [1.807, 2.05) is 35.5 Å². The number of hydrogen-bond donors (Lipinski definition) is 2. The van der Waals surface area contributed by atoms with Gasteiger partial charge in [0.1, 0.15) is 10.1 Å². The molecule has 0 saturated carbocycles. The summed E-state index contributed by atoms with van der Waals surface area (Å²) in [6.45, 7) is 0.659. The van der Waals surface area contributed by atoms with E-state index in [1.165, 1.54) is 55.0 Å². The molecule has 160 valence electrons. The van der Waals surface area contributed by atoms with Gasteiger partial charge in [0.15, 0.2) is 0 Å². The van der Waals surface area contributed by atoms with Gasteiger partial charge in [-0.1, -0.05) is 68.8 Å². The van der Waals surface area contributed by atoms with Crippen LogP contribution in [0.1, 0.15) is 69.8 Å². The van der Waals surface area contributed by atoms with Crippen molar-refractivity contribution in [2.75, 3.05) is 12.3 Å². The molecule has 1 aromatic heterocycles. The zero-order valence-corrected chi connectivity index (χ0v) is 18.9. The van der Waals surface area contributed by atoms with E-state index in [2.05, 4.69) is 10.3 Å². The molecule has 29 heavy (non-hydrogen) atoms. The lowest BCUT2D eigenvalue weighted by molar-refractivity contribution is -0.121. The average molecular weight is 435 g/mol. The van der Waals surface area contributed by atoms with Gasteiger partial charge in [-0.2, -0.15) is 0 Å². The lowest BCUT2D eigenvalue weighted by atomic mass is 10.1. The average Bonchev–Trinajstić information content (AvgIpc) is 3.24. The first-order valence-electron chi connectivity index (χ1n) is 10.8. The molecule has 0 atom stereocenters. The maximum Gasteiger partial charge on any atom is 0.220 e. The van der Waals surface area contributed by atoms with Gasteiger partial charge in [0, 0.05) is 30.3 Å². The van der Waals surface area contributed by atoms with Gasteiger partial charge in [0.05, 0.1) is 0 Å². The minimum Gasteiger partial charge on any atom is -0.508 e. The van der Waals surface area contributed by atoms with Crippen LogP contribution >= 0.6 is 23.1 Å². The Hall–Kier alpha value is -1.53. The van der Waals surface area contributed by atoms with Crippen molar-refractivity contribution in [1.29, 1.82) is 0 Å². The molecule has 0 fully saturated rings. The Morgan fingerprint density at radius 3 is 2.28 bits per heavy atom. The number of phenolic OH excluding ortho intramolecular Hbond substituents is 1. The summed E-state index contributed by atoms with van der Waals surface area (Å²) in [5.74, 6) is 1.61. The van der Waals surface area contributed by atoms with Crippen LogP contribution in [0.2, 0.25) is 0 Å². The standard InChI is InChI=1S/C23H34N2O2S2/c26-21-13-11-20(12-14-21)15-16-24-22(27)10-8-6-4-2-1-3-5-7-9-18-28-23-25-17-19-29-23/h11-14,17,19,26H,1-10,15-16,18H2,(H,24,27). The summed E-state index contributed by atoms with van der Waals surface area (Å²) in [6.07, 6.45) is 14.6. The fraction of sp³-hybridized carbons (Fsp3) is 0.565. The van der Waals surface area contributed by atoms with Crippen molar-refractivity contribution in [1.82, 2.24) is 10.3 Å². The Morgan fingerprint density at radius 2 is 1.62 bits per heavy atom. The van der Waals surface area contributed by atoms with Gasteiger partial charge in [-0.25, -0.2) is 4.98 Å². The third-order valence-electron chi connectivity index (χ3n) is 4.86. The van der Waals surface area contributed by atoms with E-state index in [1.54, 1.807) is 23.5 Å². The highest BCUT2D eigenvalue weighted by molar-refractivity contribution is 8.00. The second kappa shape index (κ2) is 15.3. The van der Waals surface area contributed by atoms with Crippen molar-refractivity contribution in [3.05, 3.63) is 41.4 Å². The molecule has 0 spiro atoms. The van der Waals surface area contributed by atoms with E-state index in [-0.39, 0.29) is 11.7 Å². The molecular formula is C23H34N2O2S2. The van der Waals surface area contributed by atoms with Crippen molar-refractivity contribution in [2.45, 2.75) is 75.0 Å². The largest absolute Gasteiger partial charge is 0.508 e. The van der Waals surface area contributed by atoms with Crippen LogP contribution in [0.3, 0.4) is 0 Å². The molecular weight excluding hydrogens is 400 g/mol. The van der Waals surface area contributed by atoms with Crippen LogP contribution in [0.15, 0.2) is 40.2 Å². The first-order chi connectivity index (χ1) is 14.2. The summed E-state index contributed by atoms with van der Waals surface area (Å²) in [5, 5.41) is 14.3. The summed E-state index contributed by atoms with van der Waals surface area (Å²) >= 11 is 3.60. The fourth-order valence-electron chi connectivity index (χ4n) is 3.16. The lowest BCUT2D eigenvalue weighted by Crippen LogP contribution is -2.25. The first-order valence-corrected chi connectivity index (χ1v) is 12.7. The van der Waals surface area contributed by atoms with Gasteiger partial charge >= 0.3 is 0 Å². The topological polar surface area (TPSA) is 62.2 Å². The summed E-state index contributed by atoms with van der Waals surface area (Å²) in [7, 11) is 0. The Labute approximate surface area is 183 Å². The SMILES string of the molecule is O=C(CCCCCCCCCCCSc1nccs1)NCCc1ccc(O)cc1. The Kier molecular flexibility index (Phi) is 12.6. The summed E-state index contributed by atoms with van der Waals surface area (Å²) in [4.78, 5) is 16.2. The number of nitrogens with one attached hydrogen (secondary N) is 1. The predicted molar refractivity (Wildman–Crippen MR) is 124 cm³/mol. The van der Waals surface area contributed by atoms with E-state index in [4.69, 9.17) is 0 Å². The van der Waals surface area contributed by atoms with Gasteiger partial charge in [-0.3, -0.25) is 4.79 Å². The number of phenols is 1. The van der Waals surface area contributed by atoms with Crippen LogP contribution < -0.4 is 5.32 Å². The molecule has 0 unspecified atom stereocenters. The fourth-order valence-corrected chi connectivity index (χ4v) is 4.87. The van der Waals surface area contributed by atoms with Crippen molar-refractivity contribution >= 4 is 29.0 Å². The van der Waals surface area contributed by atoms with Crippen LogP contribution in [-0.2, 0) is 11.2 Å². The molecule has 0 radical (unpaired) electrons. The molecule has 2 N–H and O–H groups in total. The monoisotopic (exact) mass is 434 g/mol. The number of unbranched alkanes of at least 4 members (excludes halogenated alkanes) is 8. The number of thiazole rings is 1. The Balaban J connectivity index is 1.31. The number of nitrogens with zero attached hydrogens (tertiary/aromatic N) is 1. The maximum atomic E-state index is 11.9. The number of thioether (sulfide) groups is 1. The number of carbonyl (C=O) groups is 1. The maximum absolute atomic E-state index is 11.9. The predicted octanol–water partition coefficient (Wildman–Crippen LogP) is 6.20. The van der Waals surface area contributed by atoms with Gasteiger partial charge in [0.25, 0.3) is 0 Å². The number of carbonyl (C=O) groups excluding carboxylic acids is 1. The highest BCUT2D eigenvalue weighted by Crippen LogP contribution is 2.22. The molecule has 6 heteroatoms. The van der Waals surface area contributed by atoms with E-state index >= 15 is 0 Å². The van der Waals surface area contributed by atoms with Crippen molar-refractivity contribution in [3.63, 3.8) is 0 Å². The summed E-state index contributed by atoms with van der Waals surface area (Å²) in [5.41, 5.74) is 1.13. The molecule has 4 nitrogen and oxygen atoms in total. The van der Waals surface area contributed by atoms with Crippen LogP contribution in [0.4, 0.5) is 0 Å². The number of hydrogen-bond acceptors (Lipinski definition) is 5. The normalized spacial score (nSPS) is 10.9. The van der Waals surface area contributed by atoms with Crippen LogP contribution in [-0.4, -0.2) is 28.3 Å². The van der Waals surface area contributed by atoms with Crippen molar-refractivity contribution < 1.29 is 9.90 Å². The minimum absolute atomic E-state index is 0.152. The van der Waals surface area contributed by atoms with E-state index < -0.39 is 0 Å². The molecule has 1 aromatic carbocycles. The van der Waals surface area contributed by atoms with E-state index in [9.17, 15) is 9.90 Å². The highest BCUT2D eigenvalue weighted by atomic mass is 32.2. The highest BCUT2D eigenvalue weighted by Gasteiger charge is 2.01. The van der Waals surface area contributed by atoms with E-state index in [0.29, 0.717) is 13.0 Å². The van der Waals surface area contributed by atoms with Crippen molar-refractivity contribution in [3.8, 4) is 5.75 Å². The summed E-state index contributed by atoms with van der Waals surface area (Å²) < 4.78 is 1.19. The minimum atomic E-state index is 0.152. The van der Waals surface area contributed by atoms with Gasteiger partial charge < -0.3 is 10.4 Å². The van der Waals surface area contributed by atoms with Crippen LogP contribution in [0.5, 0.6) is 5.75 Å². The Morgan fingerprint density at radius 1 is 0.966 bits per heavy atom. The molecule has 2 rings (SSSR count). The van der Waals surface area contributed by atoms with E-state index in [0.717, 1.165) is 24.8 Å². The smallest absolute Gasteiger partial charge is 0.220 e. The van der Waals surface area contributed by atoms with Crippen molar-refractivity contribution in [2.24, 2.45) is 0 Å². The molecule has 0 aliphatic rings. The number of aromatic nitrogens is 1. The number of amides is 1. The third kappa shape index (κ3) is 11.9. The van der Waals surface area contributed by atoms with Crippen LogP contribution in [0.25, 0.3) is 0 Å². The van der Waals surface area contributed by atoms with Gasteiger partial charge in [-0.05, 0) is 37.0 Å². The summed E-state index contributed by atoms with van der Waals surface area (Å²) in [6, 6.07) is 7.15. The second-order valence-electron chi connectivity index (χ2n) is 7.34. The van der Waals surface area contributed by atoms with Gasteiger partial charge in [-0.15, -0.1) is 11.3 Å². The third-order valence-corrected chi connectivity index (χ3v) is 6.91. The van der Waals surface area contributed by atoms with Crippen LogP contribution in [0, 0.1) is 0 Å². The Bertz CT molecular complexity index is 660. The molecule has 0 bridgehead atoms. The van der Waals surface area contributed by atoms with Gasteiger partial charge in [0.2, 0.25) is 5.91 Å². The molecule has 0 aliphatic carbocycles. The number of rotatable bonds is 16. The number of benzene rings is 1. The molecule has 0 aliphatic heterocycles. The molecule has 1 heterocycles. The zero-order valence-electron chi connectivity index (χ0n) is 17.3. The quantitative estimate of drug-likeness (QED) is 0.244. The molecule has 2 aromatic rings. The molecule has 0 saturated heterocycles. The first kappa shape index (κ1) is 23.7.